The van der Waals surface area contributed by atoms with Gasteiger partial charge in [-0.3, -0.25) is 0 Å². The Morgan fingerprint density at radius 1 is 1.50 bits per heavy atom. The molecule has 0 aliphatic carbocycles. The zero-order valence-electron chi connectivity index (χ0n) is 11.6. The van der Waals surface area contributed by atoms with Crippen molar-refractivity contribution in [2.45, 2.75) is 30.9 Å². The van der Waals surface area contributed by atoms with Gasteiger partial charge >= 0.3 is 0 Å². The molecule has 5 nitrogen and oxygen atoms in total. The first-order valence-corrected chi connectivity index (χ1v) is 7.86. The maximum Gasteiger partial charge on any atom is 0.243 e. The smallest absolute Gasteiger partial charge is 0.243 e. The van der Waals surface area contributed by atoms with Crippen LogP contribution in [0, 0.1) is 12.7 Å². The number of sulfonamides is 1. The molecule has 0 saturated carbocycles. The van der Waals surface area contributed by atoms with E-state index in [0.29, 0.717) is 25.1 Å². The second-order valence-electron chi connectivity index (χ2n) is 4.91. The van der Waals surface area contributed by atoms with E-state index >= 15 is 0 Å². The van der Waals surface area contributed by atoms with Gasteiger partial charge in [0.1, 0.15) is 5.82 Å². The highest BCUT2D eigenvalue weighted by Crippen LogP contribution is 2.27. The fourth-order valence-electron chi connectivity index (χ4n) is 2.34. The number of methoxy groups -OCH3 is 1. The van der Waals surface area contributed by atoms with E-state index in [2.05, 4.69) is 0 Å². The Labute approximate surface area is 118 Å². The first-order chi connectivity index (χ1) is 9.40. The largest absolute Gasteiger partial charge is 0.380 e. The monoisotopic (exact) mass is 302 g/mol. The van der Waals surface area contributed by atoms with Crippen LogP contribution in [0.5, 0.6) is 0 Å². The molecule has 1 heterocycles. The highest BCUT2D eigenvalue weighted by molar-refractivity contribution is 7.89. The Bertz CT molecular complexity index is 604. The van der Waals surface area contributed by atoms with Crippen molar-refractivity contribution in [1.82, 2.24) is 4.31 Å². The summed E-state index contributed by atoms with van der Waals surface area (Å²) in [5, 5.41) is 0. The molecule has 20 heavy (non-hydrogen) atoms. The highest BCUT2D eigenvalue weighted by Gasteiger charge is 2.34. The van der Waals surface area contributed by atoms with E-state index in [1.54, 1.807) is 7.11 Å². The normalized spacial score (nSPS) is 20.5. The molecule has 1 aliphatic heterocycles. The van der Waals surface area contributed by atoms with Gasteiger partial charge in [0.25, 0.3) is 0 Å². The van der Waals surface area contributed by atoms with E-state index in [1.165, 1.54) is 23.4 Å². The molecular weight excluding hydrogens is 283 g/mol. The van der Waals surface area contributed by atoms with Crippen LogP contribution in [0.15, 0.2) is 17.0 Å². The van der Waals surface area contributed by atoms with Crippen LogP contribution < -0.4 is 5.73 Å². The van der Waals surface area contributed by atoms with Crippen LogP contribution in [0.2, 0.25) is 0 Å². The van der Waals surface area contributed by atoms with Gasteiger partial charge in [0.15, 0.2) is 0 Å². The van der Waals surface area contributed by atoms with E-state index < -0.39 is 15.8 Å². The summed E-state index contributed by atoms with van der Waals surface area (Å²) in [6, 6.07) is 2.73. The number of nitrogens with zero attached hydrogens (tertiary/aromatic N) is 1. The predicted octanol–water partition coefficient (Wildman–Crippen LogP) is 1.00. The minimum absolute atomic E-state index is 0.00490. The van der Waals surface area contributed by atoms with Crippen LogP contribution in [-0.2, 0) is 21.3 Å². The molecule has 1 aromatic carbocycles. The SMILES string of the molecule is COC1CCN(S(=O)(=O)c2cc(CN)cc(F)c2C)C1. The number of halogens is 1. The van der Waals surface area contributed by atoms with Crippen molar-refractivity contribution < 1.29 is 17.5 Å². The van der Waals surface area contributed by atoms with Crippen LogP contribution >= 0.6 is 0 Å². The van der Waals surface area contributed by atoms with Gasteiger partial charge < -0.3 is 10.5 Å². The summed E-state index contributed by atoms with van der Waals surface area (Å²) in [5.41, 5.74) is 6.08. The Balaban J connectivity index is 2.42. The lowest BCUT2D eigenvalue weighted by molar-refractivity contribution is 0.115. The molecule has 0 spiro atoms. The molecule has 1 fully saturated rings. The molecule has 0 radical (unpaired) electrons. The fourth-order valence-corrected chi connectivity index (χ4v) is 4.11. The Morgan fingerprint density at radius 3 is 2.75 bits per heavy atom. The van der Waals surface area contributed by atoms with Crippen LogP contribution in [-0.4, -0.2) is 39.0 Å². The van der Waals surface area contributed by atoms with E-state index in [0.717, 1.165) is 0 Å². The molecule has 1 aliphatic rings. The van der Waals surface area contributed by atoms with Crippen molar-refractivity contribution in [3.8, 4) is 0 Å². The zero-order valence-corrected chi connectivity index (χ0v) is 12.4. The highest BCUT2D eigenvalue weighted by atomic mass is 32.2. The van der Waals surface area contributed by atoms with Crippen molar-refractivity contribution in [3.63, 3.8) is 0 Å². The van der Waals surface area contributed by atoms with E-state index in [9.17, 15) is 12.8 Å². The molecule has 1 saturated heterocycles. The van der Waals surface area contributed by atoms with Gasteiger partial charge in [0.05, 0.1) is 11.0 Å². The summed E-state index contributed by atoms with van der Waals surface area (Å²) < 4.78 is 45.5. The van der Waals surface area contributed by atoms with Crippen LogP contribution in [0.3, 0.4) is 0 Å². The lowest BCUT2D eigenvalue weighted by Crippen LogP contribution is -2.31. The standard InChI is InChI=1S/C13H19FN2O3S/c1-9-12(14)5-10(7-15)6-13(9)20(17,18)16-4-3-11(8-16)19-2/h5-6,11H,3-4,7-8,15H2,1-2H3. The van der Waals surface area contributed by atoms with Crippen molar-refractivity contribution in [3.05, 3.63) is 29.1 Å². The van der Waals surface area contributed by atoms with Crippen LogP contribution in [0.1, 0.15) is 17.5 Å². The zero-order chi connectivity index (χ0) is 14.9. The number of benzene rings is 1. The average Bonchev–Trinajstić information content (AvgIpc) is 2.91. The van der Waals surface area contributed by atoms with E-state index in [-0.39, 0.29) is 23.1 Å². The number of nitrogens with two attached hydrogens (primary N) is 1. The third-order valence-electron chi connectivity index (χ3n) is 3.65. The Hall–Kier alpha value is -1.02. The second-order valence-corrected chi connectivity index (χ2v) is 6.82. The molecule has 2 N–H and O–H groups in total. The Morgan fingerprint density at radius 2 is 2.20 bits per heavy atom. The fraction of sp³-hybridized carbons (Fsp3) is 0.538. The first kappa shape index (κ1) is 15.4. The summed E-state index contributed by atoms with van der Waals surface area (Å²) in [5.74, 6) is -0.547. The summed E-state index contributed by atoms with van der Waals surface area (Å²) in [7, 11) is -2.15. The molecule has 2 rings (SSSR count). The topological polar surface area (TPSA) is 72.6 Å². The number of ether oxygens (including phenoxy) is 1. The molecule has 1 atom stereocenters. The van der Waals surface area contributed by atoms with Gasteiger partial charge in [-0.05, 0) is 31.0 Å². The lowest BCUT2D eigenvalue weighted by atomic mass is 10.1. The summed E-state index contributed by atoms with van der Waals surface area (Å²) in [4.78, 5) is -0.00490. The van der Waals surface area contributed by atoms with Crippen molar-refractivity contribution in [1.29, 1.82) is 0 Å². The summed E-state index contributed by atoms with van der Waals surface area (Å²) >= 11 is 0. The molecule has 7 heteroatoms. The van der Waals surface area contributed by atoms with Gasteiger partial charge in [-0.1, -0.05) is 0 Å². The van der Waals surface area contributed by atoms with Crippen molar-refractivity contribution in [2.75, 3.05) is 20.2 Å². The summed E-state index contributed by atoms with van der Waals surface area (Å²) in [6.45, 7) is 2.24. The average molecular weight is 302 g/mol. The van der Waals surface area contributed by atoms with Gasteiger partial charge in [-0.2, -0.15) is 4.31 Å². The number of hydrogen-bond donors (Lipinski definition) is 1. The van der Waals surface area contributed by atoms with Crippen molar-refractivity contribution >= 4 is 10.0 Å². The van der Waals surface area contributed by atoms with Crippen LogP contribution in [0.4, 0.5) is 4.39 Å². The van der Waals surface area contributed by atoms with Crippen LogP contribution in [0.25, 0.3) is 0 Å². The molecule has 1 aromatic rings. The number of hydrogen-bond acceptors (Lipinski definition) is 4. The first-order valence-electron chi connectivity index (χ1n) is 6.42. The third-order valence-corrected chi connectivity index (χ3v) is 5.64. The molecule has 112 valence electrons. The minimum Gasteiger partial charge on any atom is -0.380 e. The van der Waals surface area contributed by atoms with Gasteiger partial charge in [-0.25, -0.2) is 12.8 Å². The summed E-state index contributed by atoms with van der Waals surface area (Å²) in [6.07, 6.45) is 0.543. The van der Waals surface area contributed by atoms with Crippen molar-refractivity contribution in [2.24, 2.45) is 5.73 Å². The molecule has 0 bridgehead atoms. The third kappa shape index (κ3) is 2.71. The van der Waals surface area contributed by atoms with Gasteiger partial charge in [0, 0.05) is 32.3 Å². The van der Waals surface area contributed by atoms with Gasteiger partial charge in [0.2, 0.25) is 10.0 Å². The molecule has 0 aromatic heterocycles. The maximum absolute atomic E-state index is 13.8. The maximum atomic E-state index is 13.8. The van der Waals surface area contributed by atoms with Gasteiger partial charge in [-0.15, -0.1) is 0 Å². The molecular formula is C13H19FN2O3S. The van der Waals surface area contributed by atoms with E-state index in [4.69, 9.17) is 10.5 Å². The van der Waals surface area contributed by atoms with E-state index in [1.807, 2.05) is 0 Å². The quantitative estimate of drug-likeness (QED) is 0.900. The Kier molecular flexibility index (Phi) is 4.43. The number of rotatable bonds is 4. The second kappa shape index (κ2) is 5.77. The minimum atomic E-state index is -3.71. The molecule has 1 unspecified atom stereocenters. The lowest BCUT2D eigenvalue weighted by Gasteiger charge is -2.18. The predicted molar refractivity (Wildman–Crippen MR) is 73.2 cm³/mol. The molecule has 0 amide bonds.